The lowest BCUT2D eigenvalue weighted by molar-refractivity contribution is 0.188. The Morgan fingerprint density at radius 1 is 1.07 bits per heavy atom. The Labute approximate surface area is 167 Å². The number of nitrogens with zero attached hydrogens (tertiary/aromatic N) is 3. The summed E-state index contributed by atoms with van der Waals surface area (Å²) in [5.41, 5.74) is 4.72. The van der Waals surface area contributed by atoms with Crippen LogP contribution in [0, 0.1) is 0 Å². The number of fused-ring (bicyclic) bond motifs is 1. The Kier molecular flexibility index (Phi) is 7.22. The molecule has 0 amide bonds. The maximum Gasteiger partial charge on any atom is 0.0370 e. The summed E-state index contributed by atoms with van der Waals surface area (Å²) in [5.74, 6) is 1.46. The van der Waals surface area contributed by atoms with Crippen molar-refractivity contribution in [1.82, 2.24) is 9.80 Å². The molecule has 1 heterocycles. The van der Waals surface area contributed by atoms with Crippen LogP contribution in [0.15, 0.2) is 18.2 Å². The lowest BCUT2D eigenvalue weighted by Crippen LogP contribution is -2.49. The van der Waals surface area contributed by atoms with Gasteiger partial charge in [0.2, 0.25) is 0 Å². The topological polar surface area (TPSA) is 9.72 Å². The van der Waals surface area contributed by atoms with Gasteiger partial charge in [-0.1, -0.05) is 26.3 Å². The fourth-order valence-electron chi connectivity index (χ4n) is 5.05. The highest BCUT2D eigenvalue weighted by Crippen LogP contribution is 2.41. The molecule has 0 spiro atoms. The van der Waals surface area contributed by atoms with Crippen LogP contribution >= 0.6 is 0 Å². The number of hydrogen-bond donors (Lipinski definition) is 0. The third-order valence-corrected chi connectivity index (χ3v) is 6.92. The average molecular weight is 372 g/mol. The largest absolute Gasteiger partial charge is 0.369 e. The predicted octanol–water partition coefficient (Wildman–Crippen LogP) is 4.93. The van der Waals surface area contributed by atoms with Gasteiger partial charge in [0.25, 0.3) is 0 Å². The minimum atomic E-state index is 0.710. The lowest BCUT2D eigenvalue weighted by Gasteiger charge is -2.40. The summed E-state index contributed by atoms with van der Waals surface area (Å²) in [6.07, 6.45) is 6.61. The van der Waals surface area contributed by atoms with Crippen molar-refractivity contribution in [3.8, 4) is 0 Å². The second-order valence-electron chi connectivity index (χ2n) is 9.24. The number of hydrogen-bond acceptors (Lipinski definition) is 3. The van der Waals surface area contributed by atoms with Gasteiger partial charge in [-0.15, -0.1) is 0 Å². The molecule has 0 saturated carbocycles. The first-order valence-electron chi connectivity index (χ1n) is 11.3. The molecule has 1 fully saturated rings. The third-order valence-electron chi connectivity index (χ3n) is 6.92. The molecular weight excluding hydrogens is 330 g/mol. The second-order valence-corrected chi connectivity index (χ2v) is 9.24. The molecule has 0 N–H and O–H groups in total. The molecule has 3 nitrogen and oxygen atoms in total. The predicted molar refractivity (Wildman–Crippen MR) is 118 cm³/mol. The normalized spacial score (nSPS) is 24.9. The first-order valence-corrected chi connectivity index (χ1v) is 11.3. The van der Waals surface area contributed by atoms with Crippen LogP contribution in [-0.2, 0) is 0 Å². The maximum absolute atomic E-state index is 2.68. The summed E-state index contributed by atoms with van der Waals surface area (Å²) in [4.78, 5) is 7.62. The van der Waals surface area contributed by atoms with Crippen LogP contribution < -0.4 is 4.90 Å². The SMILES string of the molecule is CCCC(C)N1CCN(c2ccc3c(c2)[C@@H](C)CC[C@@H]3CCN(C)C)CC1. The van der Waals surface area contributed by atoms with E-state index in [2.05, 4.69) is 67.8 Å². The monoisotopic (exact) mass is 371 g/mol. The summed E-state index contributed by atoms with van der Waals surface area (Å²) in [6.45, 7) is 13.1. The van der Waals surface area contributed by atoms with Gasteiger partial charge in [0.15, 0.2) is 0 Å². The van der Waals surface area contributed by atoms with Gasteiger partial charge in [0.1, 0.15) is 0 Å². The highest BCUT2D eigenvalue weighted by atomic mass is 15.3. The summed E-state index contributed by atoms with van der Waals surface area (Å²) in [7, 11) is 4.38. The smallest absolute Gasteiger partial charge is 0.0370 e. The Hall–Kier alpha value is -1.06. The minimum Gasteiger partial charge on any atom is -0.369 e. The van der Waals surface area contributed by atoms with Crippen molar-refractivity contribution < 1.29 is 0 Å². The van der Waals surface area contributed by atoms with Crippen LogP contribution in [0.3, 0.4) is 0 Å². The molecule has 3 rings (SSSR count). The van der Waals surface area contributed by atoms with E-state index in [1.165, 1.54) is 70.5 Å². The van der Waals surface area contributed by atoms with E-state index in [1.807, 2.05) is 0 Å². The molecule has 1 aliphatic carbocycles. The average Bonchev–Trinajstić information content (AvgIpc) is 2.67. The van der Waals surface area contributed by atoms with Gasteiger partial charge in [-0.2, -0.15) is 0 Å². The van der Waals surface area contributed by atoms with E-state index in [0.717, 1.165) is 12.0 Å². The Morgan fingerprint density at radius 3 is 2.48 bits per heavy atom. The van der Waals surface area contributed by atoms with Crippen molar-refractivity contribution >= 4 is 5.69 Å². The van der Waals surface area contributed by atoms with Crippen molar-refractivity contribution in [2.75, 3.05) is 51.7 Å². The molecule has 1 aliphatic heterocycles. The Bertz CT molecular complexity index is 589. The quantitative estimate of drug-likeness (QED) is 0.673. The van der Waals surface area contributed by atoms with Gasteiger partial charge in [0.05, 0.1) is 0 Å². The van der Waals surface area contributed by atoms with Crippen molar-refractivity contribution in [3.63, 3.8) is 0 Å². The molecule has 2 aliphatic rings. The minimum absolute atomic E-state index is 0.710. The number of anilines is 1. The van der Waals surface area contributed by atoms with E-state index in [1.54, 1.807) is 11.1 Å². The van der Waals surface area contributed by atoms with Gasteiger partial charge in [-0.05, 0) is 88.3 Å². The Balaban J connectivity index is 1.67. The molecule has 3 heteroatoms. The highest BCUT2D eigenvalue weighted by molar-refractivity contribution is 5.53. The summed E-state index contributed by atoms with van der Waals surface area (Å²) < 4.78 is 0. The van der Waals surface area contributed by atoms with Crippen molar-refractivity contribution in [2.24, 2.45) is 0 Å². The van der Waals surface area contributed by atoms with Crippen LogP contribution in [-0.4, -0.2) is 62.7 Å². The zero-order chi connectivity index (χ0) is 19.4. The number of rotatable bonds is 7. The van der Waals surface area contributed by atoms with E-state index < -0.39 is 0 Å². The summed E-state index contributed by atoms with van der Waals surface area (Å²) in [6, 6.07) is 8.14. The van der Waals surface area contributed by atoms with E-state index in [-0.39, 0.29) is 0 Å². The molecule has 1 unspecified atom stereocenters. The van der Waals surface area contributed by atoms with Crippen LogP contribution in [0.1, 0.15) is 75.8 Å². The molecule has 152 valence electrons. The number of piperazine rings is 1. The molecule has 3 atom stereocenters. The van der Waals surface area contributed by atoms with Gasteiger partial charge < -0.3 is 9.80 Å². The molecule has 1 aromatic carbocycles. The van der Waals surface area contributed by atoms with E-state index in [0.29, 0.717) is 5.92 Å². The van der Waals surface area contributed by atoms with E-state index in [9.17, 15) is 0 Å². The fourth-order valence-corrected chi connectivity index (χ4v) is 5.05. The van der Waals surface area contributed by atoms with Crippen LogP contribution in [0.5, 0.6) is 0 Å². The van der Waals surface area contributed by atoms with Gasteiger partial charge in [-0.3, -0.25) is 4.90 Å². The zero-order valence-corrected chi connectivity index (χ0v) is 18.4. The van der Waals surface area contributed by atoms with Crippen LogP contribution in [0.25, 0.3) is 0 Å². The first-order chi connectivity index (χ1) is 13.0. The van der Waals surface area contributed by atoms with Crippen LogP contribution in [0.4, 0.5) is 5.69 Å². The molecular formula is C24H41N3. The second kappa shape index (κ2) is 9.43. The van der Waals surface area contributed by atoms with Crippen molar-refractivity contribution in [1.29, 1.82) is 0 Å². The van der Waals surface area contributed by atoms with Gasteiger partial charge >= 0.3 is 0 Å². The molecule has 1 saturated heterocycles. The third kappa shape index (κ3) is 5.06. The van der Waals surface area contributed by atoms with E-state index in [4.69, 9.17) is 0 Å². The molecule has 27 heavy (non-hydrogen) atoms. The summed E-state index contributed by atoms with van der Waals surface area (Å²) in [5, 5.41) is 0. The van der Waals surface area contributed by atoms with Gasteiger partial charge in [0, 0.05) is 37.9 Å². The standard InChI is InChI=1S/C24H41N3/c1-6-7-20(3)26-14-16-27(17-15-26)22-10-11-23-21(12-13-25(4)5)9-8-19(2)24(23)18-22/h10-11,18-21H,6-9,12-17H2,1-5H3/t19-,20?,21+/m0/s1. The van der Waals surface area contributed by atoms with E-state index >= 15 is 0 Å². The highest BCUT2D eigenvalue weighted by Gasteiger charge is 2.27. The maximum atomic E-state index is 2.68. The molecule has 0 radical (unpaired) electrons. The zero-order valence-electron chi connectivity index (χ0n) is 18.4. The van der Waals surface area contributed by atoms with Crippen molar-refractivity contribution in [2.45, 2.75) is 70.8 Å². The van der Waals surface area contributed by atoms with Crippen molar-refractivity contribution in [3.05, 3.63) is 29.3 Å². The number of benzene rings is 1. The first kappa shape index (κ1) is 20.7. The summed E-state index contributed by atoms with van der Waals surface area (Å²) >= 11 is 0. The molecule has 1 aromatic rings. The van der Waals surface area contributed by atoms with Crippen LogP contribution in [0.2, 0.25) is 0 Å². The fraction of sp³-hybridized carbons (Fsp3) is 0.750. The van der Waals surface area contributed by atoms with Gasteiger partial charge in [-0.25, -0.2) is 0 Å². The molecule has 0 bridgehead atoms. The lowest BCUT2D eigenvalue weighted by atomic mass is 9.76. The Morgan fingerprint density at radius 2 is 1.81 bits per heavy atom. The molecule has 0 aromatic heterocycles.